The quantitative estimate of drug-likeness (QED) is 0.847. The minimum absolute atomic E-state index is 0.0286. The number of aromatic carboxylic acids is 1. The zero-order valence-corrected chi connectivity index (χ0v) is 8.89. The third-order valence-electron chi connectivity index (χ3n) is 2.21. The van der Waals surface area contributed by atoms with Gasteiger partial charge in [0, 0.05) is 11.6 Å². The van der Waals surface area contributed by atoms with Crippen molar-refractivity contribution in [3.05, 3.63) is 41.7 Å². The predicted octanol–water partition coefficient (Wildman–Crippen LogP) is 1.70. The van der Waals surface area contributed by atoms with E-state index in [9.17, 15) is 13.6 Å². The number of halogens is 2. The molecular weight excluding hydrogens is 244 g/mol. The van der Waals surface area contributed by atoms with Gasteiger partial charge < -0.3 is 10.8 Å². The number of hydrogen-bond donors (Lipinski definition) is 2. The smallest absolute Gasteiger partial charge is 0.358 e. The van der Waals surface area contributed by atoms with Gasteiger partial charge in [0.15, 0.2) is 11.5 Å². The lowest BCUT2D eigenvalue weighted by Crippen LogP contribution is -2.08. The third kappa shape index (κ3) is 2.10. The van der Waals surface area contributed by atoms with Crippen molar-refractivity contribution in [1.82, 2.24) is 9.97 Å². The highest BCUT2D eigenvalue weighted by Crippen LogP contribution is 2.22. The van der Waals surface area contributed by atoms with Gasteiger partial charge >= 0.3 is 5.97 Å². The summed E-state index contributed by atoms with van der Waals surface area (Å²) in [5.41, 5.74) is 4.77. The van der Waals surface area contributed by atoms with E-state index in [1.165, 1.54) is 0 Å². The van der Waals surface area contributed by atoms with E-state index in [0.29, 0.717) is 6.07 Å². The summed E-state index contributed by atoms with van der Waals surface area (Å²) < 4.78 is 26.2. The Bertz CT molecular complexity index is 632. The Morgan fingerprint density at radius 2 is 2.06 bits per heavy atom. The molecule has 3 N–H and O–H groups in total. The number of nitrogens with zero attached hydrogens (tertiary/aromatic N) is 2. The lowest BCUT2D eigenvalue weighted by Gasteiger charge is -2.05. The van der Waals surface area contributed by atoms with E-state index in [4.69, 9.17) is 10.8 Å². The maximum Gasteiger partial charge on any atom is 0.358 e. The molecule has 5 nitrogen and oxygen atoms in total. The molecule has 1 aromatic heterocycles. The van der Waals surface area contributed by atoms with Crippen molar-refractivity contribution in [3.63, 3.8) is 0 Å². The lowest BCUT2D eigenvalue weighted by atomic mass is 10.1. The summed E-state index contributed by atoms with van der Waals surface area (Å²) in [4.78, 5) is 18.1. The van der Waals surface area contributed by atoms with Gasteiger partial charge in [0.1, 0.15) is 11.6 Å². The molecule has 2 rings (SSSR count). The fourth-order valence-electron chi connectivity index (χ4n) is 1.38. The van der Waals surface area contributed by atoms with Gasteiger partial charge in [0.25, 0.3) is 0 Å². The fourth-order valence-corrected chi connectivity index (χ4v) is 1.38. The normalized spacial score (nSPS) is 10.3. The van der Waals surface area contributed by atoms with Crippen molar-refractivity contribution in [3.8, 4) is 11.3 Å². The molecular formula is C11H7F2N3O2. The maximum atomic E-state index is 13.5. The number of anilines is 1. The van der Waals surface area contributed by atoms with E-state index in [1.807, 2.05) is 0 Å². The number of carboxylic acid groups (broad SMARTS) is 1. The highest BCUT2D eigenvalue weighted by atomic mass is 19.1. The average Bonchev–Trinajstić information content (AvgIpc) is 2.30. The number of aromatic nitrogens is 2. The van der Waals surface area contributed by atoms with Gasteiger partial charge in [-0.05, 0) is 12.1 Å². The summed E-state index contributed by atoms with van der Waals surface area (Å²) in [5, 5.41) is 8.81. The Morgan fingerprint density at radius 1 is 1.33 bits per heavy atom. The van der Waals surface area contributed by atoms with E-state index < -0.39 is 23.3 Å². The van der Waals surface area contributed by atoms with Crippen LogP contribution in [0.2, 0.25) is 0 Å². The molecule has 0 aliphatic rings. The molecule has 18 heavy (non-hydrogen) atoms. The zero-order chi connectivity index (χ0) is 13.3. The third-order valence-corrected chi connectivity index (χ3v) is 2.21. The van der Waals surface area contributed by atoms with Crippen molar-refractivity contribution in [2.45, 2.75) is 0 Å². The molecule has 0 saturated heterocycles. The van der Waals surface area contributed by atoms with Crippen LogP contribution in [-0.2, 0) is 0 Å². The highest BCUT2D eigenvalue weighted by molar-refractivity contribution is 5.90. The second kappa shape index (κ2) is 4.36. The van der Waals surface area contributed by atoms with Crippen molar-refractivity contribution in [2.75, 3.05) is 5.73 Å². The second-order valence-electron chi connectivity index (χ2n) is 3.42. The Balaban J connectivity index is 2.58. The first-order valence-corrected chi connectivity index (χ1v) is 4.80. The largest absolute Gasteiger partial charge is 0.476 e. The van der Waals surface area contributed by atoms with Crippen LogP contribution in [0.3, 0.4) is 0 Å². The number of rotatable bonds is 2. The van der Waals surface area contributed by atoms with Crippen molar-refractivity contribution >= 4 is 11.8 Å². The molecule has 0 spiro atoms. The molecule has 0 amide bonds. The van der Waals surface area contributed by atoms with Crippen LogP contribution in [-0.4, -0.2) is 21.0 Å². The minimum Gasteiger partial charge on any atom is -0.476 e. The molecule has 92 valence electrons. The Morgan fingerprint density at radius 3 is 2.67 bits per heavy atom. The van der Waals surface area contributed by atoms with E-state index in [1.54, 1.807) is 0 Å². The highest BCUT2D eigenvalue weighted by Gasteiger charge is 2.15. The van der Waals surface area contributed by atoms with Crippen molar-refractivity contribution in [1.29, 1.82) is 0 Å². The summed E-state index contributed by atoms with van der Waals surface area (Å²) in [6.45, 7) is 0. The van der Waals surface area contributed by atoms with E-state index in [0.717, 1.165) is 18.3 Å². The topological polar surface area (TPSA) is 89.1 Å². The number of benzene rings is 1. The van der Waals surface area contributed by atoms with Crippen molar-refractivity contribution < 1.29 is 18.7 Å². The van der Waals surface area contributed by atoms with Gasteiger partial charge in [0.2, 0.25) is 0 Å². The number of nitrogen functional groups attached to an aromatic ring is 1. The molecule has 0 fully saturated rings. The van der Waals surface area contributed by atoms with Crippen LogP contribution in [0, 0.1) is 11.6 Å². The summed E-state index contributed by atoms with van der Waals surface area (Å²) >= 11 is 0. The van der Waals surface area contributed by atoms with Crippen LogP contribution in [0.5, 0.6) is 0 Å². The van der Waals surface area contributed by atoms with Gasteiger partial charge in [-0.1, -0.05) is 0 Å². The zero-order valence-electron chi connectivity index (χ0n) is 8.89. The first kappa shape index (κ1) is 11.9. The molecule has 0 aliphatic carbocycles. The van der Waals surface area contributed by atoms with Crippen LogP contribution in [0.1, 0.15) is 10.5 Å². The van der Waals surface area contributed by atoms with Crippen LogP contribution >= 0.6 is 0 Å². The molecule has 0 atom stereocenters. The average molecular weight is 251 g/mol. The number of nitrogens with two attached hydrogens (primary N) is 1. The van der Waals surface area contributed by atoms with E-state index in [-0.39, 0.29) is 17.1 Å². The summed E-state index contributed by atoms with van der Waals surface area (Å²) in [6, 6.07) is 2.86. The molecule has 0 saturated carbocycles. The van der Waals surface area contributed by atoms with Crippen LogP contribution in [0.4, 0.5) is 14.6 Å². The first-order valence-electron chi connectivity index (χ1n) is 4.80. The fraction of sp³-hybridized carbons (Fsp3) is 0. The van der Waals surface area contributed by atoms with Crippen LogP contribution < -0.4 is 5.73 Å². The maximum absolute atomic E-state index is 13.5. The van der Waals surface area contributed by atoms with Gasteiger partial charge in [-0.15, -0.1) is 0 Å². The van der Waals surface area contributed by atoms with Crippen LogP contribution in [0.15, 0.2) is 24.4 Å². The molecule has 0 bridgehead atoms. The first-order chi connectivity index (χ1) is 8.49. The van der Waals surface area contributed by atoms with Gasteiger partial charge in [-0.25, -0.2) is 23.5 Å². The summed E-state index contributed by atoms with van der Waals surface area (Å²) in [5.74, 6) is -3.23. The van der Waals surface area contributed by atoms with Crippen molar-refractivity contribution in [2.24, 2.45) is 0 Å². The number of carbonyl (C=O) groups is 1. The SMILES string of the molecule is Nc1ncc(-c2ccc(F)cc2F)nc1C(=O)O. The molecule has 7 heteroatoms. The molecule has 2 aromatic rings. The number of carboxylic acids is 1. The predicted molar refractivity (Wildman–Crippen MR) is 58.8 cm³/mol. The molecule has 0 aliphatic heterocycles. The molecule has 0 unspecified atom stereocenters. The Kier molecular flexibility index (Phi) is 2.88. The minimum atomic E-state index is -1.37. The molecule has 0 radical (unpaired) electrons. The van der Waals surface area contributed by atoms with E-state index in [2.05, 4.69) is 9.97 Å². The summed E-state index contributed by atoms with van der Waals surface area (Å²) in [6.07, 6.45) is 1.12. The second-order valence-corrected chi connectivity index (χ2v) is 3.42. The Labute approximate surface area is 99.9 Å². The summed E-state index contributed by atoms with van der Waals surface area (Å²) in [7, 11) is 0. The van der Waals surface area contributed by atoms with Gasteiger partial charge in [-0.3, -0.25) is 0 Å². The number of hydrogen-bond acceptors (Lipinski definition) is 4. The molecule has 1 aromatic carbocycles. The standard InChI is InChI=1S/C11H7F2N3O2/c12-5-1-2-6(7(13)3-5)8-4-15-10(14)9(16-8)11(17)18/h1-4H,(H2,14,15)(H,17,18). The lowest BCUT2D eigenvalue weighted by molar-refractivity contribution is 0.0691. The van der Waals surface area contributed by atoms with Crippen LogP contribution in [0.25, 0.3) is 11.3 Å². The monoisotopic (exact) mass is 251 g/mol. The Hall–Kier alpha value is -2.57. The van der Waals surface area contributed by atoms with E-state index >= 15 is 0 Å². The van der Waals surface area contributed by atoms with Gasteiger partial charge in [-0.2, -0.15) is 0 Å². The molecule has 1 heterocycles. The van der Waals surface area contributed by atoms with Gasteiger partial charge in [0.05, 0.1) is 11.9 Å².